The number of aliphatic hydroxyl groups is 1. The van der Waals surface area contributed by atoms with Crippen molar-refractivity contribution in [2.75, 3.05) is 23.9 Å². The van der Waals surface area contributed by atoms with Gasteiger partial charge in [-0.2, -0.15) is 11.8 Å². The van der Waals surface area contributed by atoms with Crippen molar-refractivity contribution in [2.24, 2.45) is 0 Å². The SMILES string of the molecule is CSC[C@@H](CCO)NC(=O)Nc1cc(Cl)ccc1F. The van der Waals surface area contributed by atoms with E-state index in [2.05, 4.69) is 10.6 Å². The second-order valence-corrected chi connectivity index (χ2v) is 5.23. The Morgan fingerprint density at radius 3 is 2.95 bits per heavy atom. The second kappa shape index (κ2) is 8.24. The molecule has 3 N–H and O–H groups in total. The van der Waals surface area contributed by atoms with Gasteiger partial charge in [0.1, 0.15) is 5.82 Å². The number of hydrogen-bond donors (Lipinski definition) is 3. The van der Waals surface area contributed by atoms with Gasteiger partial charge in [0, 0.05) is 23.4 Å². The van der Waals surface area contributed by atoms with E-state index in [9.17, 15) is 9.18 Å². The molecule has 0 radical (unpaired) electrons. The molecule has 0 saturated carbocycles. The standard InChI is InChI=1S/C12H16ClFN2O2S/c1-19-7-9(4-5-17)15-12(18)16-11-6-8(13)2-3-10(11)14/h2-3,6,9,17H,4-5,7H2,1H3,(H2,15,16,18)/t9-/m1/s1. The van der Waals surface area contributed by atoms with Crippen LogP contribution in [0, 0.1) is 5.82 Å². The molecule has 0 aliphatic heterocycles. The molecule has 0 spiro atoms. The second-order valence-electron chi connectivity index (χ2n) is 3.89. The molecule has 0 fully saturated rings. The minimum Gasteiger partial charge on any atom is -0.396 e. The number of urea groups is 1. The van der Waals surface area contributed by atoms with Crippen molar-refractivity contribution < 1.29 is 14.3 Å². The Bertz CT molecular complexity index is 428. The van der Waals surface area contributed by atoms with E-state index in [0.29, 0.717) is 17.2 Å². The van der Waals surface area contributed by atoms with Crippen LogP contribution in [0.2, 0.25) is 5.02 Å². The summed E-state index contributed by atoms with van der Waals surface area (Å²) in [6.07, 6.45) is 2.35. The van der Waals surface area contributed by atoms with Crippen LogP contribution in [0.1, 0.15) is 6.42 Å². The van der Waals surface area contributed by atoms with Gasteiger partial charge in [-0.05, 0) is 30.9 Å². The maximum absolute atomic E-state index is 13.4. The van der Waals surface area contributed by atoms with E-state index in [1.165, 1.54) is 18.2 Å². The predicted octanol–water partition coefficient (Wildman–Crippen LogP) is 2.71. The smallest absolute Gasteiger partial charge is 0.319 e. The Morgan fingerprint density at radius 1 is 1.58 bits per heavy atom. The Kier molecular flexibility index (Phi) is 6.97. The third-order valence-electron chi connectivity index (χ3n) is 2.36. The van der Waals surface area contributed by atoms with Gasteiger partial charge in [0.15, 0.2) is 0 Å². The average molecular weight is 307 g/mol. The average Bonchev–Trinajstić information content (AvgIpc) is 2.34. The van der Waals surface area contributed by atoms with Crippen LogP contribution in [-0.4, -0.2) is 35.8 Å². The Balaban J connectivity index is 2.60. The zero-order valence-corrected chi connectivity index (χ0v) is 12.0. The highest BCUT2D eigenvalue weighted by Crippen LogP contribution is 2.19. The van der Waals surface area contributed by atoms with E-state index in [-0.39, 0.29) is 18.3 Å². The first-order valence-electron chi connectivity index (χ1n) is 5.69. The molecule has 0 saturated heterocycles. The first-order valence-corrected chi connectivity index (χ1v) is 7.46. The summed E-state index contributed by atoms with van der Waals surface area (Å²) in [6.45, 7) is -0.0168. The summed E-state index contributed by atoms with van der Waals surface area (Å²) in [5, 5.41) is 14.3. The molecule has 0 aliphatic rings. The van der Waals surface area contributed by atoms with Crippen molar-refractivity contribution >= 4 is 35.1 Å². The molecule has 1 rings (SSSR count). The van der Waals surface area contributed by atoms with Gasteiger partial charge in [-0.15, -0.1) is 0 Å². The van der Waals surface area contributed by atoms with Crippen LogP contribution in [0.4, 0.5) is 14.9 Å². The number of halogens is 2. The maximum atomic E-state index is 13.4. The van der Waals surface area contributed by atoms with Gasteiger partial charge in [0.2, 0.25) is 0 Å². The molecule has 0 heterocycles. The van der Waals surface area contributed by atoms with Crippen molar-refractivity contribution in [1.29, 1.82) is 0 Å². The summed E-state index contributed by atoms with van der Waals surface area (Å²) >= 11 is 7.29. The minimum atomic E-state index is -0.553. The van der Waals surface area contributed by atoms with Crippen LogP contribution >= 0.6 is 23.4 Å². The monoisotopic (exact) mass is 306 g/mol. The Morgan fingerprint density at radius 2 is 2.32 bits per heavy atom. The van der Waals surface area contributed by atoms with Gasteiger partial charge in [-0.25, -0.2) is 9.18 Å². The molecular weight excluding hydrogens is 291 g/mol. The van der Waals surface area contributed by atoms with Crippen LogP contribution < -0.4 is 10.6 Å². The van der Waals surface area contributed by atoms with Crippen molar-refractivity contribution in [2.45, 2.75) is 12.5 Å². The number of benzene rings is 1. The van der Waals surface area contributed by atoms with Crippen LogP contribution in [0.15, 0.2) is 18.2 Å². The zero-order valence-electron chi connectivity index (χ0n) is 10.5. The minimum absolute atomic E-state index is 0.0168. The summed E-state index contributed by atoms with van der Waals surface area (Å²) in [6, 6.07) is 3.25. The molecule has 1 atom stereocenters. The lowest BCUT2D eigenvalue weighted by molar-refractivity contribution is 0.241. The van der Waals surface area contributed by atoms with E-state index < -0.39 is 11.8 Å². The lowest BCUT2D eigenvalue weighted by Crippen LogP contribution is -2.40. The van der Waals surface area contributed by atoms with Crippen LogP contribution in [-0.2, 0) is 0 Å². The number of nitrogens with one attached hydrogen (secondary N) is 2. The first kappa shape index (κ1) is 16.1. The summed E-state index contributed by atoms with van der Waals surface area (Å²) in [4.78, 5) is 11.7. The highest BCUT2D eigenvalue weighted by atomic mass is 35.5. The molecule has 106 valence electrons. The van der Waals surface area contributed by atoms with E-state index >= 15 is 0 Å². The molecule has 0 unspecified atom stereocenters. The molecule has 1 aromatic rings. The highest BCUT2D eigenvalue weighted by Gasteiger charge is 2.13. The highest BCUT2D eigenvalue weighted by molar-refractivity contribution is 7.98. The van der Waals surface area contributed by atoms with Crippen LogP contribution in [0.5, 0.6) is 0 Å². The number of aliphatic hydroxyl groups excluding tert-OH is 1. The lowest BCUT2D eigenvalue weighted by Gasteiger charge is -2.17. The molecule has 19 heavy (non-hydrogen) atoms. The zero-order chi connectivity index (χ0) is 14.3. The Hall–Kier alpha value is -0.980. The van der Waals surface area contributed by atoms with Crippen molar-refractivity contribution in [3.8, 4) is 0 Å². The number of hydrogen-bond acceptors (Lipinski definition) is 3. The molecule has 7 heteroatoms. The summed E-state index contributed by atoms with van der Waals surface area (Å²) in [7, 11) is 0. The molecular formula is C12H16ClFN2O2S. The van der Waals surface area contributed by atoms with Crippen molar-refractivity contribution in [1.82, 2.24) is 5.32 Å². The van der Waals surface area contributed by atoms with Crippen molar-refractivity contribution in [3.63, 3.8) is 0 Å². The summed E-state index contributed by atoms with van der Waals surface area (Å²) < 4.78 is 13.4. The third kappa shape index (κ3) is 5.67. The van der Waals surface area contributed by atoms with Gasteiger partial charge >= 0.3 is 6.03 Å². The number of anilines is 1. The first-order chi connectivity index (χ1) is 9.06. The third-order valence-corrected chi connectivity index (χ3v) is 3.33. The van der Waals surface area contributed by atoms with Gasteiger partial charge < -0.3 is 15.7 Å². The number of carbonyl (C=O) groups excluding carboxylic acids is 1. The van der Waals surface area contributed by atoms with Crippen LogP contribution in [0.3, 0.4) is 0 Å². The maximum Gasteiger partial charge on any atom is 0.319 e. The van der Waals surface area contributed by atoms with Crippen LogP contribution in [0.25, 0.3) is 0 Å². The fourth-order valence-corrected chi connectivity index (χ4v) is 2.32. The van der Waals surface area contributed by atoms with Gasteiger partial charge in [0.05, 0.1) is 5.69 Å². The van der Waals surface area contributed by atoms with Gasteiger partial charge in [-0.3, -0.25) is 0 Å². The molecule has 0 aliphatic carbocycles. The van der Waals surface area contributed by atoms with Gasteiger partial charge in [0.25, 0.3) is 0 Å². The number of thioether (sulfide) groups is 1. The van der Waals surface area contributed by atoms with Crippen molar-refractivity contribution in [3.05, 3.63) is 29.0 Å². The molecule has 0 aromatic heterocycles. The topological polar surface area (TPSA) is 61.4 Å². The molecule has 1 aromatic carbocycles. The quantitative estimate of drug-likeness (QED) is 0.757. The van der Waals surface area contributed by atoms with Gasteiger partial charge in [-0.1, -0.05) is 11.6 Å². The van der Waals surface area contributed by atoms with E-state index in [1.807, 2.05) is 6.26 Å². The summed E-state index contributed by atoms with van der Waals surface area (Å²) in [5.41, 5.74) is 0.0249. The molecule has 2 amide bonds. The number of rotatable bonds is 6. The number of amides is 2. The molecule has 0 bridgehead atoms. The largest absolute Gasteiger partial charge is 0.396 e. The van der Waals surface area contributed by atoms with E-state index in [4.69, 9.17) is 16.7 Å². The predicted molar refractivity (Wildman–Crippen MR) is 77.4 cm³/mol. The normalized spacial score (nSPS) is 12.0. The fourth-order valence-electron chi connectivity index (χ4n) is 1.49. The molecule has 4 nitrogen and oxygen atoms in total. The Labute approximate surface area is 120 Å². The summed E-state index contributed by atoms with van der Waals surface area (Å²) in [5.74, 6) is 0.120. The van der Waals surface area contributed by atoms with E-state index in [0.717, 1.165) is 0 Å². The fraction of sp³-hybridized carbons (Fsp3) is 0.417. The number of carbonyl (C=O) groups is 1. The lowest BCUT2D eigenvalue weighted by atomic mass is 10.2. The van der Waals surface area contributed by atoms with E-state index in [1.54, 1.807) is 11.8 Å².